The minimum absolute atomic E-state index is 0.0663. The summed E-state index contributed by atoms with van der Waals surface area (Å²) >= 11 is 0. The number of likely N-dealkylation sites (tertiary alicyclic amines) is 1. The minimum Gasteiger partial charge on any atom is -0.370 e. The van der Waals surface area contributed by atoms with Crippen LogP contribution in [0.2, 0.25) is 0 Å². The maximum Gasteiger partial charge on any atom is 0.225 e. The number of primary amides is 1. The Morgan fingerprint density at radius 1 is 1.47 bits per heavy atom. The van der Waals surface area contributed by atoms with Crippen molar-refractivity contribution in [3.63, 3.8) is 0 Å². The van der Waals surface area contributed by atoms with Crippen LogP contribution in [0.5, 0.6) is 0 Å². The largest absolute Gasteiger partial charge is 0.370 e. The fourth-order valence-electron chi connectivity index (χ4n) is 1.55. The number of nitrogens with zero attached hydrogens (tertiary/aromatic N) is 1. The SMILES string of the molecule is CC(C)C(=O)N1CC(NCCC(N)=O)C1. The molecule has 5 nitrogen and oxygen atoms in total. The van der Waals surface area contributed by atoms with Crippen LogP contribution in [0.15, 0.2) is 0 Å². The highest BCUT2D eigenvalue weighted by Gasteiger charge is 2.30. The van der Waals surface area contributed by atoms with Gasteiger partial charge in [0.25, 0.3) is 0 Å². The molecule has 0 radical (unpaired) electrons. The van der Waals surface area contributed by atoms with Crippen LogP contribution >= 0.6 is 0 Å². The first kappa shape index (κ1) is 12.0. The number of amides is 2. The Morgan fingerprint density at radius 3 is 2.53 bits per heavy atom. The van der Waals surface area contributed by atoms with E-state index in [1.54, 1.807) is 0 Å². The first-order valence-corrected chi connectivity index (χ1v) is 5.31. The fourth-order valence-corrected chi connectivity index (χ4v) is 1.55. The van der Waals surface area contributed by atoms with E-state index in [4.69, 9.17) is 5.73 Å². The predicted molar refractivity (Wildman–Crippen MR) is 57.0 cm³/mol. The molecule has 1 rings (SSSR count). The molecule has 0 unspecified atom stereocenters. The lowest BCUT2D eigenvalue weighted by Gasteiger charge is -2.40. The highest BCUT2D eigenvalue weighted by atomic mass is 16.2. The number of hydrogen-bond donors (Lipinski definition) is 2. The number of carbonyl (C=O) groups is 2. The van der Waals surface area contributed by atoms with Crippen LogP contribution in [0.4, 0.5) is 0 Å². The maximum absolute atomic E-state index is 11.5. The summed E-state index contributed by atoms with van der Waals surface area (Å²) in [5.41, 5.74) is 5.01. The van der Waals surface area contributed by atoms with Gasteiger partial charge in [-0.05, 0) is 0 Å². The molecule has 0 bridgehead atoms. The molecule has 2 amide bonds. The third-order valence-electron chi connectivity index (χ3n) is 2.49. The van der Waals surface area contributed by atoms with Gasteiger partial charge >= 0.3 is 0 Å². The second-order valence-electron chi connectivity index (χ2n) is 4.27. The van der Waals surface area contributed by atoms with Gasteiger partial charge < -0.3 is 16.0 Å². The van der Waals surface area contributed by atoms with Crippen LogP contribution < -0.4 is 11.1 Å². The Balaban J connectivity index is 2.10. The lowest BCUT2D eigenvalue weighted by atomic mass is 10.1. The van der Waals surface area contributed by atoms with Crippen LogP contribution in [-0.2, 0) is 9.59 Å². The number of nitrogens with two attached hydrogens (primary N) is 1. The molecule has 0 atom stereocenters. The van der Waals surface area contributed by atoms with Crippen molar-refractivity contribution in [3.8, 4) is 0 Å². The van der Waals surface area contributed by atoms with Crippen LogP contribution in [0.1, 0.15) is 20.3 Å². The molecule has 0 aromatic carbocycles. The van der Waals surface area contributed by atoms with E-state index in [-0.39, 0.29) is 17.7 Å². The van der Waals surface area contributed by atoms with Crippen LogP contribution in [0.25, 0.3) is 0 Å². The zero-order chi connectivity index (χ0) is 11.4. The van der Waals surface area contributed by atoms with Gasteiger partial charge in [-0.15, -0.1) is 0 Å². The second-order valence-corrected chi connectivity index (χ2v) is 4.27. The molecule has 5 heteroatoms. The first-order valence-electron chi connectivity index (χ1n) is 5.31. The molecule has 0 aromatic rings. The van der Waals surface area contributed by atoms with Gasteiger partial charge in [0.05, 0.1) is 0 Å². The van der Waals surface area contributed by atoms with Crippen molar-refractivity contribution < 1.29 is 9.59 Å². The fraction of sp³-hybridized carbons (Fsp3) is 0.800. The lowest BCUT2D eigenvalue weighted by molar-refractivity contribution is -0.139. The molecule has 1 aliphatic heterocycles. The van der Waals surface area contributed by atoms with Crippen molar-refractivity contribution in [2.75, 3.05) is 19.6 Å². The van der Waals surface area contributed by atoms with Crippen molar-refractivity contribution in [1.29, 1.82) is 0 Å². The molecular weight excluding hydrogens is 194 g/mol. The summed E-state index contributed by atoms with van der Waals surface area (Å²) < 4.78 is 0. The average Bonchev–Trinajstić information content (AvgIpc) is 2.07. The van der Waals surface area contributed by atoms with Gasteiger partial charge in [-0.25, -0.2) is 0 Å². The van der Waals surface area contributed by atoms with E-state index >= 15 is 0 Å². The van der Waals surface area contributed by atoms with Gasteiger partial charge in [0.2, 0.25) is 11.8 Å². The molecule has 0 aromatic heterocycles. The second kappa shape index (κ2) is 5.11. The number of nitrogens with one attached hydrogen (secondary N) is 1. The molecule has 0 spiro atoms. The van der Waals surface area contributed by atoms with E-state index in [0.717, 1.165) is 13.1 Å². The summed E-state index contributed by atoms with van der Waals surface area (Å²) in [5, 5.41) is 3.18. The Kier molecular flexibility index (Phi) is 4.08. The van der Waals surface area contributed by atoms with E-state index in [1.807, 2.05) is 18.7 Å². The van der Waals surface area contributed by atoms with Gasteiger partial charge in [0.15, 0.2) is 0 Å². The molecule has 3 N–H and O–H groups in total. The molecule has 15 heavy (non-hydrogen) atoms. The quantitative estimate of drug-likeness (QED) is 0.635. The molecule has 1 fully saturated rings. The predicted octanol–water partition coefficient (Wildman–Crippen LogP) is -0.682. The molecule has 1 heterocycles. The summed E-state index contributed by atoms with van der Waals surface area (Å²) in [5.74, 6) is -0.0311. The Labute approximate surface area is 90.0 Å². The normalized spacial score (nSPS) is 16.6. The van der Waals surface area contributed by atoms with Gasteiger partial charge in [0.1, 0.15) is 0 Å². The summed E-state index contributed by atoms with van der Waals surface area (Å²) in [6.07, 6.45) is 0.356. The molecule has 1 saturated heterocycles. The molecule has 0 saturated carbocycles. The monoisotopic (exact) mass is 213 g/mol. The lowest BCUT2D eigenvalue weighted by Crippen LogP contribution is -2.60. The third kappa shape index (κ3) is 3.51. The molecular formula is C10H19N3O2. The molecule has 86 valence electrons. The first-order chi connectivity index (χ1) is 7.00. The summed E-state index contributed by atoms with van der Waals surface area (Å²) in [6.45, 7) is 5.89. The Bertz CT molecular complexity index is 247. The van der Waals surface area contributed by atoms with E-state index in [1.165, 1.54) is 0 Å². The Hall–Kier alpha value is -1.10. The topological polar surface area (TPSA) is 75.4 Å². The van der Waals surface area contributed by atoms with E-state index in [9.17, 15) is 9.59 Å². The number of carbonyl (C=O) groups excluding carboxylic acids is 2. The Morgan fingerprint density at radius 2 is 2.07 bits per heavy atom. The molecule has 0 aliphatic carbocycles. The van der Waals surface area contributed by atoms with Crippen molar-refractivity contribution in [2.24, 2.45) is 11.7 Å². The third-order valence-corrected chi connectivity index (χ3v) is 2.49. The zero-order valence-corrected chi connectivity index (χ0v) is 9.32. The van der Waals surface area contributed by atoms with Crippen molar-refractivity contribution in [1.82, 2.24) is 10.2 Å². The highest BCUT2D eigenvalue weighted by molar-refractivity contribution is 5.79. The number of hydrogen-bond acceptors (Lipinski definition) is 3. The average molecular weight is 213 g/mol. The van der Waals surface area contributed by atoms with Crippen LogP contribution in [0.3, 0.4) is 0 Å². The molecule has 1 aliphatic rings. The summed E-state index contributed by atoms with van der Waals surface area (Å²) in [6, 6.07) is 0.326. The maximum atomic E-state index is 11.5. The standard InChI is InChI=1S/C10H19N3O2/c1-7(2)10(15)13-5-8(6-13)12-4-3-9(11)14/h7-8,12H,3-6H2,1-2H3,(H2,11,14). The van der Waals surface area contributed by atoms with Crippen LogP contribution in [-0.4, -0.2) is 42.4 Å². The van der Waals surface area contributed by atoms with Gasteiger partial charge in [0, 0.05) is 38.0 Å². The number of rotatable bonds is 5. The minimum atomic E-state index is -0.295. The van der Waals surface area contributed by atoms with Gasteiger partial charge in [-0.1, -0.05) is 13.8 Å². The van der Waals surface area contributed by atoms with Gasteiger partial charge in [-0.3, -0.25) is 9.59 Å². The highest BCUT2D eigenvalue weighted by Crippen LogP contribution is 2.11. The van der Waals surface area contributed by atoms with Crippen LogP contribution in [0, 0.1) is 5.92 Å². The van der Waals surface area contributed by atoms with Gasteiger partial charge in [-0.2, -0.15) is 0 Å². The van der Waals surface area contributed by atoms with E-state index < -0.39 is 0 Å². The van der Waals surface area contributed by atoms with Crippen molar-refractivity contribution >= 4 is 11.8 Å². The zero-order valence-electron chi connectivity index (χ0n) is 9.32. The van der Waals surface area contributed by atoms with E-state index in [0.29, 0.717) is 19.0 Å². The van der Waals surface area contributed by atoms with Crippen molar-refractivity contribution in [2.45, 2.75) is 26.3 Å². The summed E-state index contributed by atoms with van der Waals surface area (Å²) in [4.78, 5) is 23.8. The smallest absolute Gasteiger partial charge is 0.225 e. The van der Waals surface area contributed by atoms with Crippen molar-refractivity contribution in [3.05, 3.63) is 0 Å². The van der Waals surface area contributed by atoms with E-state index in [2.05, 4.69) is 5.32 Å². The summed E-state index contributed by atoms with van der Waals surface area (Å²) in [7, 11) is 0.